The first-order chi connectivity index (χ1) is 9.16. The third kappa shape index (κ3) is 3.61. The second-order valence-corrected chi connectivity index (χ2v) is 4.11. The molecule has 1 aliphatic heterocycles. The van der Waals surface area contributed by atoms with Crippen LogP contribution in [0.25, 0.3) is 0 Å². The van der Waals surface area contributed by atoms with Crippen molar-refractivity contribution in [2.75, 3.05) is 19.8 Å². The van der Waals surface area contributed by atoms with Gasteiger partial charge in [0.2, 0.25) is 0 Å². The van der Waals surface area contributed by atoms with Gasteiger partial charge in [-0.2, -0.15) is 0 Å². The van der Waals surface area contributed by atoms with E-state index in [1.54, 1.807) is 18.2 Å². The average Bonchev–Trinajstić information content (AvgIpc) is 2.42. The summed E-state index contributed by atoms with van der Waals surface area (Å²) in [6.07, 6.45) is 0.451. The molecule has 0 spiro atoms. The molecule has 102 valence electrons. The molecule has 0 bridgehead atoms. The van der Waals surface area contributed by atoms with Gasteiger partial charge in [-0.1, -0.05) is 0 Å². The Morgan fingerprint density at radius 1 is 1.21 bits per heavy atom. The van der Waals surface area contributed by atoms with Crippen LogP contribution in [0.2, 0.25) is 0 Å². The van der Waals surface area contributed by atoms with E-state index in [0.29, 0.717) is 43.2 Å². The van der Waals surface area contributed by atoms with Crippen molar-refractivity contribution >= 4 is 11.9 Å². The third-order valence-corrected chi connectivity index (χ3v) is 2.66. The molecule has 0 unspecified atom stereocenters. The van der Waals surface area contributed by atoms with Crippen LogP contribution in [0.3, 0.4) is 0 Å². The lowest BCUT2D eigenvalue weighted by Crippen LogP contribution is -2.25. The van der Waals surface area contributed by atoms with Crippen LogP contribution in [0.1, 0.15) is 23.2 Å². The Balaban J connectivity index is 1.90. The smallest absolute Gasteiger partial charge is 0.303 e. The highest BCUT2D eigenvalue weighted by atomic mass is 16.6. The number of carbonyl (C=O) groups is 2. The van der Waals surface area contributed by atoms with E-state index in [-0.39, 0.29) is 12.3 Å². The van der Waals surface area contributed by atoms with Gasteiger partial charge < -0.3 is 19.9 Å². The molecule has 0 fully saturated rings. The Hall–Kier alpha value is -2.24. The van der Waals surface area contributed by atoms with Gasteiger partial charge in [-0.05, 0) is 24.6 Å². The SMILES string of the molecule is O=C(O)CCCNC(=O)c1ccc2c(c1)OCCO2. The van der Waals surface area contributed by atoms with E-state index >= 15 is 0 Å². The Bertz CT molecular complexity index is 486. The minimum absolute atomic E-state index is 0.0431. The van der Waals surface area contributed by atoms with Crippen molar-refractivity contribution in [2.45, 2.75) is 12.8 Å². The number of carboxylic acids is 1. The zero-order valence-corrected chi connectivity index (χ0v) is 10.3. The molecule has 1 heterocycles. The van der Waals surface area contributed by atoms with Crippen molar-refractivity contribution in [1.82, 2.24) is 5.32 Å². The summed E-state index contributed by atoms with van der Waals surface area (Å²) in [5.41, 5.74) is 0.472. The van der Waals surface area contributed by atoms with Gasteiger partial charge in [0, 0.05) is 18.5 Å². The predicted molar refractivity (Wildman–Crippen MR) is 66.6 cm³/mol. The number of carbonyl (C=O) groups excluding carboxylic acids is 1. The summed E-state index contributed by atoms with van der Waals surface area (Å²) in [5.74, 6) is 0.0778. The number of hydrogen-bond acceptors (Lipinski definition) is 4. The van der Waals surface area contributed by atoms with Crippen LogP contribution in [-0.4, -0.2) is 36.7 Å². The Morgan fingerprint density at radius 3 is 2.68 bits per heavy atom. The van der Waals surface area contributed by atoms with E-state index in [4.69, 9.17) is 14.6 Å². The number of rotatable bonds is 5. The number of nitrogens with one attached hydrogen (secondary N) is 1. The fourth-order valence-corrected chi connectivity index (χ4v) is 1.73. The van der Waals surface area contributed by atoms with Gasteiger partial charge in [-0.25, -0.2) is 0 Å². The zero-order chi connectivity index (χ0) is 13.7. The Morgan fingerprint density at radius 2 is 1.95 bits per heavy atom. The van der Waals surface area contributed by atoms with E-state index in [2.05, 4.69) is 5.32 Å². The maximum atomic E-state index is 11.8. The van der Waals surface area contributed by atoms with Crippen molar-refractivity contribution in [3.63, 3.8) is 0 Å². The topological polar surface area (TPSA) is 84.9 Å². The molecule has 1 amide bonds. The van der Waals surface area contributed by atoms with Crippen LogP contribution in [0.15, 0.2) is 18.2 Å². The number of fused-ring (bicyclic) bond motifs is 1. The van der Waals surface area contributed by atoms with E-state index in [9.17, 15) is 9.59 Å². The first-order valence-corrected chi connectivity index (χ1v) is 6.06. The quantitative estimate of drug-likeness (QED) is 0.777. The maximum Gasteiger partial charge on any atom is 0.303 e. The highest BCUT2D eigenvalue weighted by molar-refractivity contribution is 5.94. The summed E-state index contributed by atoms with van der Waals surface area (Å²) in [5, 5.41) is 11.1. The summed E-state index contributed by atoms with van der Waals surface area (Å²) in [6, 6.07) is 4.97. The van der Waals surface area contributed by atoms with Crippen molar-refractivity contribution in [1.29, 1.82) is 0 Å². The van der Waals surface area contributed by atoms with Crippen LogP contribution < -0.4 is 14.8 Å². The van der Waals surface area contributed by atoms with Crippen LogP contribution >= 0.6 is 0 Å². The molecule has 0 radical (unpaired) electrons. The first-order valence-electron chi connectivity index (χ1n) is 6.06. The summed E-state index contributed by atoms with van der Waals surface area (Å²) < 4.78 is 10.7. The molecule has 0 aliphatic carbocycles. The summed E-state index contributed by atoms with van der Waals surface area (Å²) in [7, 11) is 0. The minimum atomic E-state index is -0.867. The predicted octanol–water partition coefficient (Wildman–Crippen LogP) is 1.05. The van der Waals surface area contributed by atoms with Gasteiger partial charge >= 0.3 is 5.97 Å². The van der Waals surface area contributed by atoms with E-state index in [1.807, 2.05) is 0 Å². The molecule has 0 saturated heterocycles. The van der Waals surface area contributed by atoms with Gasteiger partial charge in [0.25, 0.3) is 5.91 Å². The van der Waals surface area contributed by atoms with Crippen LogP contribution in [0.5, 0.6) is 11.5 Å². The van der Waals surface area contributed by atoms with E-state index < -0.39 is 5.97 Å². The second kappa shape index (κ2) is 6.08. The van der Waals surface area contributed by atoms with Crippen LogP contribution in [0.4, 0.5) is 0 Å². The second-order valence-electron chi connectivity index (χ2n) is 4.11. The van der Waals surface area contributed by atoms with E-state index in [1.165, 1.54) is 0 Å². The van der Waals surface area contributed by atoms with E-state index in [0.717, 1.165) is 0 Å². The molecule has 1 aliphatic rings. The molecular formula is C13H15NO5. The number of benzene rings is 1. The van der Waals surface area contributed by atoms with Crippen molar-refractivity contribution in [3.8, 4) is 11.5 Å². The largest absolute Gasteiger partial charge is 0.486 e. The van der Waals surface area contributed by atoms with Crippen LogP contribution in [0, 0.1) is 0 Å². The number of aliphatic carboxylic acids is 1. The molecule has 6 nitrogen and oxygen atoms in total. The highest BCUT2D eigenvalue weighted by Crippen LogP contribution is 2.30. The normalized spacial score (nSPS) is 12.8. The van der Waals surface area contributed by atoms with Crippen LogP contribution in [-0.2, 0) is 4.79 Å². The molecule has 2 N–H and O–H groups in total. The zero-order valence-electron chi connectivity index (χ0n) is 10.3. The average molecular weight is 265 g/mol. The molecule has 2 rings (SSSR count). The van der Waals surface area contributed by atoms with Crippen molar-refractivity contribution in [2.24, 2.45) is 0 Å². The lowest BCUT2D eigenvalue weighted by molar-refractivity contribution is -0.137. The fourth-order valence-electron chi connectivity index (χ4n) is 1.73. The summed E-state index contributed by atoms with van der Waals surface area (Å²) in [6.45, 7) is 1.31. The summed E-state index contributed by atoms with van der Waals surface area (Å²) >= 11 is 0. The van der Waals surface area contributed by atoms with Crippen molar-refractivity contribution < 1.29 is 24.2 Å². The molecule has 0 saturated carbocycles. The minimum Gasteiger partial charge on any atom is -0.486 e. The molecule has 6 heteroatoms. The maximum absolute atomic E-state index is 11.8. The molecule has 0 aromatic heterocycles. The molecule has 1 aromatic carbocycles. The first kappa shape index (κ1) is 13.2. The molecule has 1 aromatic rings. The van der Waals surface area contributed by atoms with Gasteiger partial charge in [-0.15, -0.1) is 0 Å². The number of ether oxygens (including phenoxy) is 2. The number of amides is 1. The standard InChI is InChI=1S/C13H15NO5/c15-12(16)2-1-5-14-13(17)9-3-4-10-11(8-9)19-7-6-18-10/h3-4,8H,1-2,5-7H2,(H,14,17)(H,15,16). The number of hydrogen-bond donors (Lipinski definition) is 2. The highest BCUT2D eigenvalue weighted by Gasteiger charge is 2.14. The van der Waals surface area contributed by atoms with Gasteiger partial charge in [0.1, 0.15) is 13.2 Å². The lowest BCUT2D eigenvalue weighted by atomic mass is 10.1. The fraction of sp³-hybridized carbons (Fsp3) is 0.385. The van der Waals surface area contributed by atoms with Gasteiger partial charge in [-0.3, -0.25) is 9.59 Å². The molecule has 19 heavy (non-hydrogen) atoms. The Kier molecular flexibility index (Phi) is 4.22. The monoisotopic (exact) mass is 265 g/mol. The third-order valence-electron chi connectivity index (χ3n) is 2.66. The Labute approximate surface area is 110 Å². The number of carboxylic acid groups (broad SMARTS) is 1. The van der Waals surface area contributed by atoms with Gasteiger partial charge in [0.15, 0.2) is 11.5 Å². The van der Waals surface area contributed by atoms with Crippen molar-refractivity contribution in [3.05, 3.63) is 23.8 Å². The lowest BCUT2D eigenvalue weighted by Gasteiger charge is -2.18. The summed E-state index contributed by atoms with van der Waals surface area (Å²) in [4.78, 5) is 22.2. The molecule has 0 atom stereocenters. The molecular weight excluding hydrogens is 250 g/mol. The van der Waals surface area contributed by atoms with Gasteiger partial charge in [0.05, 0.1) is 0 Å².